The fourth-order valence-electron chi connectivity index (χ4n) is 3.76. The van der Waals surface area contributed by atoms with Crippen LogP contribution in [0.1, 0.15) is 17.5 Å². The molecule has 0 spiro atoms. The van der Waals surface area contributed by atoms with Crippen LogP contribution in [-0.4, -0.2) is 46.9 Å². The van der Waals surface area contributed by atoms with Crippen LogP contribution < -0.4 is 15.8 Å². The summed E-state index contributed by atoms with van der Waals surface area (Å²) in [5.41, 5.74) is 8.44. The van der Waals surface area contributed by atoms with Gasteiger partial charge in [-0.1, -0.05) is 51.3 Å². The van der Waals surface area contributed by atoms with Crippen molar-refractivity contribution in [1.29, 1.82) is 0 Å². The molecule has 11 heteroatoms. The lowest BCUT2D eigenvalue weighted by atomic mass is 9.87. The van der Waals surface area contributed by atoms with E-state index in [0.29, 0.717) is 48.9 Å². The molecule has 0 saturated carbocycles. The van der Waals surface area contributed by atoms with Crippen molar-refractivity contribution in [2.75, 3.05) is 36.6 Å². The maximum absolute atomic E-state index is 14.2. The number of Topliss-reactive ketones (excluding diaryl/α,β-unsaturated/α-hetero) is 1. The molecule has 0 amide bonds. The predicted octanol–water partition coefficient (Wildman–Crippen LogP) is 4.60. The summed E-state index contributed by atoms with van der Waals surface area (Å²) in [6.45, 7) is 4.04. The molecule has 0 bridgehead atoms. The minimum atomic E-state index is -0.510. The monoisotopic (exact) mass is 555 g/mol. The van der Waals surface area contributed by atoms with Crippen molar-refractivity contribution in [1.82, 2.24) is 15.4 Å². The number of anilines is 2. The average Bonchev–Trinajstić information content (AvgIpc) is 2.80. The number of carbonyl (C=O) groups is 1. The molecule has 1 atom stereocenters. The molecular weight excluding hydrogens is 536 g/mol. The van der Waals surface area contributed by atoms with Gasteiger partial charge in [-0.15, -0.1) is 0 Å². The molecular formula is C22H21BrCl2FN5O2. The highest BCUT2D eigenvalue weighted by Gasteiger charge is 2.32. The van der Waals surface area contributed by atoms with Crippen LogP contribution in [0.2, 0.25) is 5.02 Å². The van der Waals surface area contributed by atoms with Crippen LogP contribution in [0.4, 0.5) is 16.2 Å². The van der Waals surface area contributed by atoms with Gasteiger partial charge in [0.2, 0.25) is 11.7 Å². The van der Waals surface area contributed by atoms with Gasteiger partial charge in [0.15, 0.2) is 11.6 Å². The smallest absolute Gasteiger partial charge is 0.243 e. The zero-order chi connectivity index (χ0) is 23.5. The molecule has 1 fully saturated rings. The summed E-state index contributed by atoms with van der Waals surface area (Å²) in [7, 11) is 0. The molecule has 1 aliphatic carbocycles. The van der Waals surface area contributed by atoms with E-state index < -0.39 is 5.82 Å². The molecule has 1 aromatic heterocycles. The van der Waals surface area contributed by atoms with E-state index in [1.54, 1.807) is 11.0 Å². The summed E-state index contributed by atoms with van der Waals surface area (Å²) >= 11 is 16.5. The van der Waals surface area contributed by atoms with E-state index in [2.05, 4.69) is 36.7 Å². The highest BCUT2D eigenvalue weighted by Crippen LogP contribution is 2.42. The number of aromatic nitrogens is 2. The number of rotatable bonds is 5. The van der Waals surface area contributed by atoms with Gasteiger partial charge < -0.3 is 15.1 Å². The van der Waals surface area contributed by atoms with Crippen molar-refractivity contribution in [2.24, 2.45) is 0 Å². The normalized spacial score (nSPS) is 20.4. The number of morpholine rings is 1. The Bertz CT molecular complexity index is 1120. The molecule has 1 aromatic carbocycles. The maximum atomic E-state index is 14.2. The molecule has 2 N–H and O–H groups in total. The van der Waals surface area contributed by atoms with E-state index in [1.165, 1.54) is 6.20 Å². The third-order valence-corrected chi connectivity index (χ3v) is 6.87. The Morgan fingerprint density at radius 1 is 1.30 bits per heavy atom. The van der Waals surface area contributed by atoms with Crippen LogP contribution in [-0.2, 0) is 9.53 Å². The maximum Gasteiger partial charge on any atom is 0.243 e. The Labute approximate surface area is 209 Å². The van der Waals surface area contributed by atoms with Gasteiger partial charge in [0.1, 0.15) is 0 Å². The van der Waals surface area contributed by atoms with Gasteiger partial charge in [-0.3, -0.25) is 10.2 Å². The topological polar surface area (TPSA) is 79.4 Å². The molecule has 2 heterocycles. The van der Waals surface area contributed by atoms with Gasteiger partial charge in [-0.25, -0.2) is 9.37 Å². The van der Waals surface area contributed by atoms with Crippen molar-refractivity contribution >= 4 is 62.3 Å². The SMILES string of the molecule is Cc1cccc(Cl)c1C1=C(Cl)C(=O)C(=CNNc2ncc(F)c(N3CCOCC3)n2)CC1Br. The van der Waals surface area contributed by atoms with Crippen LogP contribution in [0.3, 0.4) is 0 Å². The van der Waals surface area contributed by atoms with Crippen molar-refractivity contribution in [3.05, 3.63) is 63.2 Å². The number of aryl methyl sites for hydroxylation is 1. The standard InChI is InChI=1S/C22H21BrCl2FN5O2/c1-12-3-2-4-15(24)17(12)18-14(23)9-13(20(32)19(18)25)10-28-30-22-27-11-16(26)21(29-22)31-5-7-33-8-6-31/h2-4,10-11,14,28H,5-9H2,1H3,(H,27,29,30). The minimum absolute atomic E-state index is 0.111. The van der Waals surface area contributed by atoms with Gasteiger partial charge in [-0.05, 0) is 30.5 Å². The summed E-state index contributed by atoms with van der Waals surface area (Å²) in [4.78, 5) is 22.7. The number of halogens is 4. The van der Waals surface area contributed by atoms with Gasteiger partial charge >= 0.3 is 0 Å². The first-order chi connectivity index (χ1) is 15.9. The van der Waals surface area contributed by atoms with E-state index in [-0.39, 0.29) is 27.4 Å². The second kappa shape index (κ2) is 10.4. The summed E-state index contributed by atoms with van der Waals surface area (Å²) < 4.78 is 19.5. The largest absolute Gasteiger partial charge is 0.378 e. The lowest BCUT2D eigenvalue weighted by molar-refractivity contribution is -0.111. The van der Waals surface area contributed by atoms with Gasteiger partial charge in [-0.2, -0.15) is 4.98 Å². The van der Waals surface area contributed by atoms with Crippen LogP contribution in [0.15, 0.2) is 41.2 Å². The molecule has 1 saturated heterocycles. The lowest BCUT2D eigenvalue weighted by Gasteiger charge is -2.28. The average molecular weight is 557 g/mol. The molecule has 174 valence electrons. The molecule has 1 unspecified atom stereocenters. The van der Waals surface area contributed by atoms with Gasteiger partial charge in [0.05, 0.1) is 24.4 Å². The summed E-state index contributed by atoms with van der Waals surface area (Å²) in [6.07, 6.45) is 3.01. The molecule has 1 aliphatic heterocycles. The van der Waals surface area contributed by atoms with E-state index in [4.69, 9.17) is 27.9 Å². The first kappa shape index (κ1) is 23.9. The number of hydrogen-bond donors (Lipinski definition) is 2. The number of ether oxygens (including phenoxy) is 1. The second-order valence-electron chi connectivity index (χ2n) is 7.56. The Morgan fingerprint density at radius 2 is 2.06 bits per heavy atom. The van der Waals surface area contributed by atoms with Crippen LogP contribution in [0.5, 0.6) is 0 Å². The molecule has 4 rings (SSSR count). The predicted molar refractivity (Wildman–Crippen MR) is 131 cm³/mol. The number of nitrogens with zero attached hydrogens (tertiary/aromatic N) is 3. The second-order valence-corrected chi connectivity index (χ2v) is 9.45. The third kappa shape index (κ3) is 5.16. The zero-order valence-corrected chi connectivity index (χ0v) is 20.8. The van der Waals surface area contributed by atoms with Gasteiger partial charge in [0, 0.05) is 40.3 Å². The van der Waals surface area contributed by atoms with Crippen LogP contribution >= 0.6 is 39.1 Å². The first-order valence-electron chi connectivity index (χ1n) is 10.3. The third-order valence-electron chi connectivity index (χ3n) is 5.40. The molecule has 7 nitrogen and oxygen atoms in total. The number of alkyl halides is 1. The molecule has 2 aliphatic rings. The molecule has 33 heavy (non-hydrogen) atoms. The van der Waals surface area contributed by atoms with Gasteiger partial charge in [0.25, 0.3) is 0 Å². The highest BCUT2D eigenvalue weighted by atomic mass is 79.9. The van der Waals surface area contributed by atoms with E-state index in [9.17, 15) is 9.18 Å². The number of nitrogens with one attached hydrogen (secondary N) is 2. The Kier molecular flexibility index (Phi) is 7.53. The number of allylic oxidation sites excluding steroid dienone is 3. The minimum Gasteiger partial charge on any atom is -0.378 e. The fourth-order valence-corrected chi connectivity index (χ4v) is 5.37. The molecule has 2 aromatic rings. The number of benzene rings is 1. The summed E-state index contributed by atoms with van der Waals surface area (Å²) in [6, 6.07) is 5.55. The summed E-state index contributed by atoms with van der Waals surface area (Å²) in [5.74, 6) is -0.442. The van der Waals surface area contributed by atoms with E-state index in [0.717, 1.165) is 17.3 Å². The lowest BCUT2D eigenvalue weighted by Crippen LogP contribution is -2.37. The fraction of sp³-hybridized carbons (Fsp3) is 0.318. The Balaban J connectivity index is 1.50. The quantitative estimate of drug-likeness (QED) is 0.316. The first-order valence-corrected chi connectivity index (χ1v) is 11.9. The van der Waals surface area contributed by atoms with Crippen molar-refractivity contribution in [3.8, 4) is 0 Å². The van der Waals surface area contributed by atoms with E-state index in [1.807, 2.05) is 19.1 Å². The number of hydrogen-bond acceptors (Lipinski definition) is 7. The van der Waals surface area contributed by atoms with Crippen LogP contribution in [0, 0.1) is 12.7 Å². The van der Waals surface area contributed by atoms with Crippen molar-refractivity contribution in [2.45, 2.75) is 18.2 Å². The van der Waals surface area contributed by atoms with Crippen molar-refractivity contribution < 1.29 is 13.9 Å². The highest BCUT2D eigenvalue weighted by molar-refractivity contribution is 9.09. The Morgan fingerprint density at radius 3 is 2.79 bits per heavy atom. The molecule has 0 radical (unpaired) electrons. The zero-order valence-electron chi connectivity index (χ0n) is 17.7. The summed E-state index contributed by atoms with van der Waals surface area (Å²) in [5, 5.41) is 0.650. The number of hydrazine groups is 1. The van der Waals surface area contributed by atoms with Crippen molar-refractivity contribution in [3.63, 3.8) is 0 Å². The van der Waals surface area contributed by atoms with Crippen LogP contribution in [0.25, 0.3) is 5.57 Å². The Hall–Kier alpha value is -2.20. The number of carbonyl (C=O) groups excluding carboxylic acids is 1. The number of ketones is 1. The van der Waals surface area contributed by atoms with E-state index >= 15 is 0 Å².